The third kappa shape index (κ3) is 3.84. The maximum atomic E-state index is 6.34. The number of halogens is 2. The molecule has 0 atom stereocenters. The minimum atomic E-state index is 0.217. The fraction of sp³-hybridized carbons (Fsp3) is 0.158. The summed E-state index contributed by atoms with van der Waals surface area (Å²) in [4.78, 5) is 0. The average molecular weight is 391 g/mol. The van der Waals surface area contributed by atoms with Crippen LogP contribution in [0.3, 0.4) is 0 Å². The van der Waals surface area contributed by atoms with Crippen LogP contribution in [0.2, 0.25) is 5.02 Å². The predicted octanol–water partition coefficient (Wildman–Crippen LogP) is 5.45. The molecule has 0 N–H and O–H groups in total. The number of rotatable bonds is 5. The van der Waals surface area contributed by atoms with Crippen LogP contribution in [0.15, 0.2) is 40.8 Å². The molecule has 1 heterocycles. The van der Waals surface area contributed by atoms with Gasteiger partial charge in [-0.05, 0) is 42.8 Å². The molecule has 134 valence electrons. The van der Waals surface area contributed by atoms with Gasteiger partial charge in [-0.1, -0.05) is 40.9 Å². The Balaban J connectivity index is 1.92. The molecular formula is C19H16Cl2N2O3. The van der Waals surface area contributed by atoms with Crippen molar-refractivity contribution in [1.82, 2.24) is 10.2 Å². The van der Waals surface area contributed by atoms with Crippen LogP contribution >= 0.6 is 23.2 Å². The highest BCUT2D eigenvalue weighted by Gasteiger charge is 2.14. The Morgan fingerprint density at radius 1 is 1.12 bits per heavy atom. The molecule has 0 saturated heterocycles. The van der Waals surface area contributed by atoms with E-state index in [4.69, 9.17) is 37.1 Å². The lowest BCUT2D eigenvalue weighted by molar-refractivity contribution is 0.355. The molecule has 0 spiro atoms. The molecule has 1 aromatic heterocycles. The molecule has 3 rings (SSSR count). The van der Waals surface area contributed by atoms with Gasteiger partial charge in [0.2, 0.25) is 5.89 Å². The van der Waals surface area contributed by atoms with Gasteiger partial charge in [-0.25, -0.2) is 0 Å². The molecule has 2 aromatic carbocycles. The SMILES string of the molecule is COc1cc(/C=C(\Cl)c2nnc(-c3cccc(C)c3)o2)cc(Cl)c1OC. The largest absolute Gasteiger partial charge is 0.493 e. The molecule has 0 fully saturated rings. The highest BCUT2D eigenvalue weighted by Crippen LogP contribution is 2.37. The first-order valence-electron chi connectivity index (χ1n) is 7.71. The van der Waals surface area contributed by atoms with Crippen molar-refractivity contribution in [2.45, 2.75) is 6.92 Å². The Bertz CT molecular complexity index is 967. The van der Waals surface area contributed by atoms with Crippen molar-refractivity contribution in [3.63, 3.8) is 0 Å². The molecule has 0 aliphatic heterocycles. The van der Waals surface area contributed by atoms with Gasteiger partial charge in [0.1, 0.15) is 5.03 Å². The van der Waals surface area contributed by atoms with E-state index >= 15 is 0 Å². The first kappa shape index (κ1) is 18.3. The number of methoxy groups -OCH3 is 2. The predicted molar refractivity (Wildman–Crippen MR) is 103 cm³/mol. The van der Waals surface area contributed by atoms with Crippen molar-refractivity contribution in [2.24, 2.45) is 0 Å². The van der Waals surface area contributed by atoms with Gasteiger partial charge in [-0.3, -0.25) is 0 Å². The number of ether oxygens (including phenoxy) is 2. The molecular weight excluding hydrogens is 375 g/mol. The summed E-state index contributed by atoms with van der Waals surface area (Å²) in [6.07, 6.45) is 1.67. The number of benzene rings is 2. The van der Waals surface area contributed by atoms with Crippen molar-refractivity contribution < 1.29 is 13.9 Å². The van der Waals surface area contributed by atoms with Crippen molar-refractivity contribution in [1.29, 1.82) is 0 Å². The van der Waals surface area contributed by atoms with Gasteiger partial charge >= 0.3 is 0 Å². The Morgan fingerprint density at radius 3 is 2.62 bits per heavy atom. The summed E-state index contributed by atoms with van der Waals surface area (Å²) >= 11 is 12.6. The summed E-state index contributed by atoms with van der Waals surface area (Å²) in [5, 5.41) is 8.77. The van der Waals surface area contributed by atoms with Crippen molar-refractivity contribution >= 4 is 34.3 Å². The van der Waals surface area contributed by atoms with E-state index in [0.29, 0.717) is 33.0 Å². The van der Waals surface area contributed by atoms with Gasteiger partial charge in [-0.15, -0.1) is 10.2 Å². The smallest absolute Gasteiger partial charge is 0.259 e. The molecule has 0 amide bonds. The lowest BCUT2D eigenvalue weighted by Gasteiger charge is -2.10. The summed E-state index contributed by atoms with van der Waals surface area (Å²) < 4.78 is 16.2. The average Bonchev–Trinajstić information content (AvgIpc) is 3.11. The van der Waals surface area contributed by atoms with Gasteiger partial charge in [0.25, 0.3) is 5.89 Å². The van der Waals surface area contributed by atoms with Crippen LogP contribution in [0, 0.1) is 6.92 Å². The van der Waals surface area contributed by atoms with Crippen molar-refractivity contribution in [3.8, 4) is 23.0 Å². The number of aryl methyl sites for hydroxylation is 1. The summed E-state index contributed by atoms with van der Waals surface area (Å²) in [5.74, 6) is 1.58. The number of aromatic nitrogens is 2. The Kier molecular flexibility index (Phi) is 5.49. The van der Waals surface area contributed by atoms with Crippen molar-refractivity contribution in [2.75, 3.05) is 14.2 Å². The molecule has 26 heavy (non-hydrogen) atoms. The van der Waals surface area contributed by atoms with E-state index in [2.05, 4.69) is 10.2 Å². The molecule has 0 radical (unpaired) electrons. The first-order valence-corrected chi connectivity index (χ1v) is 8.47. The maximum Gasteiger partial charge on any atom is 0.259 e. The topological polar surface area (TPSA) is 57.4 Å². The van der Waals surface area contributed by atoms with Crippen molar-refractivity contribution in [3.05, 3.63) is 58.4 Å². The van der Waals surface area contributed by atoms with Crippen LogP contribution in [0.4, 0.5) is 0 Å². The van der Waals surface area contributed by atoms with E-state index < -0.39 is 0 Å². The molecule has 0 aliphatic carbocycles. The zero-order valence-electron chi connectivity index (χ0n) is 14.4. The van der Waals surface area contributed by atoms with E-state index in [-0.39, 0.29) is 5.89 Å². The van der Waals surface area contributed by atoms with Crippen LogP contribution < -0.4 is 9.47 Å². The Labute approximate surface area is 161 Å². The van der Waals surface area contributed by atoms with Gasteiger partial charge < -0.3 is 13.9 Å². The lowest BCUT2D eigenvalue weighted by atomic mass is 10.1. The normalized spacial score (nSPS) is 11.5. The highest BCUT2D eigenvalue weighted by molar-refractivity contribution is 6.50. The van der Waals surface area contributed by atoms with Crippen LogP contribution in [0.25, 0.3) is 22.6 Å². The molecule has 0 bridgehead atoms. The monoisotopic (exact) mass is 390 g/mol. The second-order valence-electron chi connectivity index (χ2n) is 5.51. The van der Waals surface area contributed by atoms with E-state index in [9.17, 15) is 0 Å². The summed E-state index contributed by atoms with van der Waals surface area (Å²) in [7, 11) is 3.06. The van der Waals surface area contributed by atoms with E-state index in [1.165, 1.54) is 14.2 Å². The standard InChI is InChI=1S/C19H16Cl2N2O3/c1-11-5-4-6-13(7-11)18-22-23-19(26-18)15(21)9-12-8-14(20)17(25-3)16(10-12)24-2/h4-10H,1-3H3/b15-9-. The number of hydrogen-bond acceptors (Lipinski definition) is 5. The molecule has 0 unspecified atom stereocenters. The quantitative estimate of drug-likeness (QED) is 0.579. The van der Waals surface area contributed by atoms with Crippen LogP contribution in [0.1, 0.15) is 17.0 Å². The third-order valence-corrected chi connectivity index (χ3v) is 4.20. The highest BCUT2D eigenvalue weighted by atomic mass is 35.5. The van der Waals surface area contributed by atoms with Crippen LogP contribution in [-0.2, 0) is 0 Å². The lowest BCUT2D eigenvalue weighted by Crippen LogP contribution is -1.92. The molecule has 0 aliphatic rings. The van der Waals surface area contributed by atoms with Gasteiger partial charge in [0, 0.05) is 5.56 Å². The Morgan fingerprint density at radius 2 is 1.92 bits per heavy atom. The second kappa shape index (κ2) is 7.81. The van der Waals surface area contributed by atoms with Gasteiger partial charge in [0.15, 0.2) is 11.5 Å². The Hall–Kier alpha value is -2.50. The van der Waals surface area contributed by atoms with Gasteiger partial charge in [0.05, 0.1) is 19.2 Å². The second-order valence-corrected chi connectivity index (χ2v) is 6.33. The number of hydrogen-bond donors (Lipinski definition) is 0. The molecule has 0 saturated carbocycles. The summed E-state index contributed by atoms with van der Waals surface area (Å²) in [6.45, 7) is 1.99. The zero-order chi connectivity index (χ0) is 18.7. The molecule has 5 nitrogen and oxygen atoms in total. The summed E-state index contributed by atoms with van der Waals surface area (Å²) in [5.41, 5.74) is 2.65. The fourth-order valence-corrected chi connectivity index (χ4v) is 2.94. The fourth-order valence-electron chi connectivity index (χ4n) is 2.44. The number of nitrogens with zero attached hydrogens (tertiary/aromatic N) is 2. The molecule has 7 heteroatoms. The van der Waals surface area contributed by atoms with E-state index in [1.807, 2.05) is 31.2 Å². The maximum absolute atomic E-state index is 6.34. The van der Waals surface area contributed by atoms with Crippen LogP contribution in [-0.4, -0.2) is 24.4 Å². The first-order chi connectivity index (χ1) is 12.5. The van der Waals surface area contributed by atoms with E-state index in [0.717, 1.165) is 11.1 Å². The van der Waals surface area contributed by atoms with E-state index in [1.54, 1.807) is 18.2 Å². The summed E-state index contributed by atoms with van der Waals surface area (Å²) in [6, 6.07) is 11.2. The zero-order valence-corrected chi connectivity index (χ0v) is 15.9. The van der Waals surface area contributed by atoms with Gasteiger partial charge in [-0.2, -0.15) is 0 Å². The molecule has 3 aromatic rings. The minimum absolute atomic E-state index is 0.217. The minimum Gasteiger partial charge on any atom is -0.493 e. The third-order valence-electron chi connectivity index (χ3n) is 3.64. The van der Waals surface area contributed by atoms with Crippen LogP contribution in [0.5, 0.6) is 11.5 Å².